The Hall–Kier alpha value is -3.28. The fraction of sp³-hybridized carbons (Fsp3) is 0.310. The molecule has 0 unspecified atom stereocenters. The summed E-state index contributed by atoms with van der Waals surface area (Å²) in [5.74, 6) is 0.0764. The lowest BCUT2D eigenvalue weighted by Crippen LogP contribution is -2.49. The predicted octanol–water partition coefficient (Wildman–Crippen LogP) is 4.49. The first-order valence-corrected chi connectivity index (χ1v) is 12.2. The number of benzene rings is 3. The van der Waals surface area contributed by atoms with E-state index in [0.29, 0.717) is 6.54 Å². The van der Waals surface area contributed by atoms with Gasteiger partial charge in [-0.1, -0.05) is 90.5 Å². The van der Waals surface area contributed by atoms with E-state index in [1.807, 2.05) is 18.2 Å². The van der Waals surface area contributed by atoms with Crippen LogP contribution in [0, 0.1) is 6.92 Å². The molecule has 0 aliphatic carbocycles. The van der Waals surface area contributed by atoms with Crippen LogP contribution in [0.25, 0.3) is 0 Å². The molecule has 2 aliphatic heterocycles. The maximum absolute atomic E-state index is 13.5. The van der Waals surface area contributed by atoms with Gasteiger partial charge in [-0.15, -0.1) is 0 Å². The fourth-order valence-electron chi connectivity index (χ4n) is 4.81. The van der Waals surface area contributed by atoms with Crippen LogP contribution >= 0.6 is 0 Å². The molecule has 174 valence electrons. The third kappa shape index (κ3) is 5.27. The molecule has 0 saturated carbocycles. The second kappa shape index (κ2) is 10.3. The van der Waals surface area contributed by atoms with Crippen LogP contribution in [-0.2, 0) is 11.3 Å². The van der Waals surface area contributed by atoms with Crippen molar-refractivity contribution in [1.29, 1.82) is 0 Å². The Labute approximate surface area is 202 Å². The van der Waals surface area contributed by atoms with Crippen molar-refractivity contribution >= 4 is 11.6 Å². The van der Waals surface area contributed by atoms with Crippen LogP contribution < -0.4 is 0 Å². The molecule has 34 heavy (non-hydrogen) atoms. The van der Waals surface area contributed by atoms with Crippen LogP contribution in [0.15, 0.2) is 90.0 Å². The molecule has 3 aromatic rings. The van der Waals surface area contributed by atoms with E-state index in [1.54, 1.807) is 5.01 Å². The molecular formula is C29H32N4O. The summed E-state index contributed by atoms with van der Waals surface area (Å²) in [6.45, 7) is 7.21. The minimum absolute atomic E-state index is 0.0515. The number of piperazine rings is 1. The van der Waals surface area contributed by atoms with E-state index in [-0.39, 0.29) is 11.9 Å². The van der Waals surface area contributed by atoms with Gasteiger partial charge in [-0.2, -0.15) is 5.10 Å². The molecular weight excluding hydrogens is 420 g/mol. The summed E-state index contributed by atoms with van der Waals surface area (Å²) in [5.41, 5.74) is 5.77. The van der Waals surface area contributed by atoms with Crippen molar-refractivity contribution in [3.8, 4) is 0 Å². The first kappa shape index (κ1) is 22.5. The Morgan fingerprint density at radius 3 is 2.12 bits per heavy atom. The molecule has 1 saturated heterocycles. The average Bonchev–Trinajstić information content (AvgIpc) is 3.33. The molecule has 2 aliphatic rings. The Balaban J connectivity index is 1.25. The molecule has 0 radical (unpaired) electrons. The zero-order chi connectivity index (χ0) is 23.3. The highest BCUT2D eigenvalue weighted by Crippen LogP contribution is 2.33. The van der Waals surface area contributed by atoms with Gasteiger partial charge in [0.05, 0.1) is 18.3 Å². The number of aryl methyl sites for hydroxylation is 1. The number of rotatable bonds is 6. The Bertz CT molecular complexity index is 1120. The van der Waals surface area contributed by atoms with Crippen LogP contribution in [0.1, 0.15) is 34.7 Å². The number of carbonyl (C=O) groups is 1. The molecule has 0 spiro atoms. The van der Waals surface area contributed by atoms with E-state index in [0.717, 1.165) is 56.0 Å². The first-order chi connectivity index (χ1) is 16.7. The topological polar surface area (TPSA) is 39.2 Å². The second-order valence-electron chi connectivity index (χ2n) is 9.32. The van der Waals surface area contributed by atoms with Crippen LogP contribution in [0.5, 0.6) is 0 Å². The molecule has 5 rings (SSSR count). The maximum atomic E-state index is 13.5. The monoisotopic (exact) mass is 452 g/mol. The van der Waals surface area contributed by atoms with E-state index >= 15 is 0 Å². The molecule has 5 nitrogen and oxygen atoms in total. The molecule has 1 atom stereocenters. The number of hydrazone groups is 1. The maximum Gasteiger partial charge on any atom is 0.257 e. The van der Waals surface area contributed by atoms with Crippen LogP contribution in [-0.4, -0.2) is 59.2 Å². The fourth-order valence-corrected chi connectivity index (χ4v) is 4.81. The number of amides is 1. The van der Waals surface area contributed by atoms with Crippen LogP contribution in [0.3, 0.4) is 0 Å². The molecule has 0 aromatic heterocycles. The second-order valence-corrected chi connectivity index (χ2v) is 9.32. The van der Waals surface area contributed by atoms with Gasteiger partial charge in [-0.05, 0) is 23.6 Å². The summed E-state index contributed by atoms with van der Waals surface area (Å²) >= 11 is 0. The Morgan fingerprint density at radius 2 is 1.44 bits per heavy atom. The standard InChI is InChI=1S/C29H32N4O/c1-23-12-14-25(15-13-23)27-20-28(26-10-6-3-7-11-26)33(30-27)29(34)22-32-18-16-31(17-19-32)21-24-8-4-2-5-9-24/h2-15,28H,16-22H2,1H3/t28-/m0/s1. The first-order valence-electron chi connectivity index (χ1n) is 12.2. The van der Waals surface area contributed by atoms with E-state index < -0.39 is 0 Å². The summed E-state index contributed by atoms with van der Waals surface area (Å²) in [7, 11) is 0. The van der Waals surface area contributed by atoms with E-state index in [1.165, 1.54) is 11.1 Å². The van der Waals surface area contributed by atoms with Gasteiger partial charge >= 0.3 is 0 Å². The molecule has 0 bridgehead atoms. The molecule has 0 N–H and O–H groups in total. The van der Waals surface area contributed by atoms with Gasteiger partial charge < -0.3 is 0 Å². The Morgan fingerprint density at radius 1 is 0.824 bits per heavy atom. The van der Waals surface area contributed by atoms with Gasteiger partial charge in [-0.3, -0.25) is 14.6 Å². The SMILES string of the molecule is Cc1ccc(C2=NN(C(=O)CN3CCN(Cc4ccccc4)CC3)[C@H](c3ccccc3)C2)cc1. The summed E-state index contributed by atoms with van der Waals surface area (Å²) in [4.78, 5) is 18.2. The van der Waals surface area contributed by atoms with Crippen molar-refractivity contribution in [2.24, 2.45) is 5.10 Å². The van der Waals surface area contributed by atoms with E-state index in [9.17, 15) is 4.79 Å². The van der Waals surface area contributed by atoms with E-state index in [2.05, 4.69) is 83.5 Å². The molecule has 2 heterocycles. The van der Waals surface area contributed by atoms with Crippen LogP contribution in [0.4, 0.5) is 0 Å². The lowest BCUT2D eigenvalue weighted by molar-refractivity contribution is -0.134. The van der Waals surface area contributed by atoms with Crippen molar-refractivity contribution < 1.29 is 4.79 Å². The lowest BCUT2D eigenvalue weighted by Gasteiger charge is -2.35. The molecule has 1 amide bonds. The van der Waals surface area contributed by atoms with Gasteiger partial charge in [0.25, 0.3) is 5.91 Å². The van der Waals surface area contributed by atoms with Crippen molar-refractivity contribution in [2.45, 2.75) is 25.9 Å². The molecule has 1 fully saturated rings. The number of hydrogen-bond acceptors (Lipinski definition) is 4. The minimum Gasteiger partial charge on any atom is -0.297 e. The molecule has 5 heteroatoms. The average molecular weight is 453 g/mol. The zero-order valence-corrected chi connectivity index (χ0v) is 19.8. The highest BCUT2D eigenvalue weighted by atomic mass is 16.2. The lowest BCUT2D eigenvalue weighted by atomic mass is 9.98. The summed E-state index contributed by atoms with van der Waals surface area (Å²) in [6, 6.07) is 29.3. The van der Waals surface area contributed by atoms with Crippen molar-refractivity contribution in [3.05, 3.63) is 107 Å². The number of hydrogen-bond donors (Lipinski definition) is 0. The highest BCUT2D eigenvalue weighted by Gasteiger charge is 2.34. The van der Waals surface area contributed by atoms with Gasteiger partial charge in [-0.25, -0.2) is 5.01 Å². The number of carbonyl (C=O) groups excluding carboxylic acids is 1. The summed E-state index contributed by atoms with van der Waals surface area (Å²) in [6.07, 6.45) is 0.740. The summed E-state index contributed by atoms with van der Waals surface area (Å²) in [5, 5.41) is 6.58. The largest absolute Gasteiger partial charge is 0.297 e. The van der Waals surface area contributed by atoms with Gasteiger partial charge in [0.1, 0.15) is 0 Å². The quantitative estimate of drug-likeness (QED) is 0.553. The number of nitrogens with zero attached hydrogens (tertiary/aromatic N) is 4. The van der Waals surface area contributed by atoms with Crippen molar-refractivity contribution in [3.63, 3.8) is 0 Å². The predicted molar refractivity (Wildman–Crippen MR) is 137 cm³/mol. The van der Waals surface area contributed by atoms with Gasteiger partial charge in [0.15, 0.2) is 0 Å². The zero-order valence-electron chi connectivity index (χ0n) is 19.8. The minimum atomic E-state index is -0.0515. The van der Waals surface area contributed by atoms with Crippen LogP contribution in [0.2, 0.25) is 0 Å². The van der Waals surface area contributed by atoms with Gasteiger partial charge in [0.2, 0.25) is 0 Å². The highest BCUT2D eigenvalue weighted by molar-refractivity contribution is 6.03. The molecule has 3 aromatic carbocycles. The van der Waals surface area contributed by atoms with Crippen molar-refractivity contribution in [1.82, 2.24) is 14.8 Å². The van der Waals surface area contributed by atoms with E-state index in [4.69, 9.17) is 5.10 Å². The Kier molecular flexibility index (Phi) is 6.84. The third-order valence-corrected chi connectivity index (χ3v) is 6.81. The third-order valence-electron chi connectivity index (χ3n) is 6.81. The smallest absolute Gasteiger partial charge is 0.257 e. The van der Waals surface area contributed by atoms with Crippen molar-refractivity contribution in [2.75, 3.05) is 32.7 Å². The summed E-state index contributed by atoms with van der Waals surface area (Å²) < 4.78 is 0. The van der Waals surface area contributed by atoms with Gasteiger partial charge in [0, 0.05) is 39.1 Å². The normalized spacial score (nSPS) is 19.3.